The van der Waals surface area contributed by atoms with Crippen LogP contribution in [0.3, 0.4) is 0 Å². The molecular formula is C18H24N4O2. The lowest BCUT2D eigenvalue weighted by Gasteiger charge is -2.23. The average molecular weight is 328 g/mol. The topological polar surface area (TPSA) is 70.4 Å². The van der Waals surface area contributed by atoms with E-state index in [0.717, 1.165) is 30.5 Å². The van der Waals surface area contributed by atoms with Crippen LogP contribution in [0.5, 0.6) is 0 Å². The van der Waals surface area contributed by atoms with Crippen molar-refractivity contribution < 1.29 is 9.90 Å². The molecule has 0 spiro atoms. The molecule has 1 aliphatic carbocycles. The molecule has 24 heavy (non-hydrogen) atoms. The molecule has 1 fully saturated rings. The van der Waals surface area contributed by atoms with E-state index in [1.165, 1.54) is 0 Å². The molecule has 0 radical (unpaired) electrons. The van der Waals surface area contributed by atoms with Crippen molar-refractivity contribution in [1.82, 2.24) is 14.7 Å². The second-order valence-electron chi connectivity index (χ2n) is 6.48. The number of carbonyl (C=O) groups is 1. The van der Waals surface area contributed by atoms with Crippen molar-refractivity contribution in [2.45, 2.75) is 32.3 Å². The van der Waals surface area contributed by atoms with Gasteiger partial charge in [0.15, 0.2) is 0 Å². The predicted molar refractivity (Wildman–Crippen MR) is 93.3 cm³/mol. The minimum atomic E-state index is -0.294. The highest BCUT2D eigenvalue weighted by atomic mass is 16.3. The van der Waals surface area contributed by atoms with Gasteiger partial charge in [-0.2, -0.15) is 5.10 Å². The Balaban J connectivity index is 1.69. The van der Waals surface area contributed by atoms with Gasteiger partial charge in [0.1, 0.15) is 5.82 Å². The van der Waals surface area contributed by atoms with E-state index in [2.05, 4.69) is 10.4 Å². The van der Waals surface area contributed by atoms with E-state index in [0.29, 0.717) is 12.4 Å². The molecule has 0 aliphatic heterocycles. The molecule has 1 aliphatic rings. The quantitative estimate of drug-likeness (QED) is 0.906. The number of hydrogen-bond donors (Lipinski definition) is 2. The van der Waals surface area contributed by atoms with E-state index in [1.807, 2.05) is 31.2 Å². The van der Waals surface area contributed by atoms with Crippen LogP contribution in [0.15, 0.2) is 36.5 Å². The van der Waals surface area contributed by atoms with Gasteiger partial charge in [-0.05, 0) is 31.4 Å². The van der Waals surface area contributed by atoms with Crippen LogP contribution in [0.4, 0.5) is 10.6 Å². The summed E-state index contributed by atoms with van der Waals surface area (Å²) >= 11 is 0. The monoisotopic (exact) mass is 328 g/mol. The van der Waals surface area contributed by atoms with Crippen LogP contribution in [0.1, 0.15) is 24.8 Å². The standard InChI is InChI=1S/C18H24N4O2/c1-13-6-3-4-8-15(13)22-17(10-11-19-22)20-18(24)21(2)12-14-7-5-9-16(14)23/h3-4,6,8,10-11,14,16,23H,5,7,9,12H2,1-2H3,(H,20,24). The maximum atomic E-state index is 12.5. The van der Waals surface area contributed by atoms with Crippen molar-refractivity contribution in [2.24, 2.45) is 5.92 Å². The fourth-order valence-corrected chi connectivity index (χ4v) is 3.26. The first-order valence-corrected chi connectivity index (χ1v) is 8.36. The number of aliphatic hydroxyl groups is 1. The van der Waals surface area contributed by atoms with Gasteiger partial charge >= 0.3 is 6.03 Å². The zero-order valence-electron chi connectivity index (χ0n) is 14.1. The van der Waals surface area contributed by atoms with E-state index in [4.69, 9.17) is 0 Å². The van der Waals surface area contributed by atoms with Gasteiger partial charge in [0.05, 0.1) is 18.0 Å². The van der Waals surface area contributed by atoms with Crippen LogP contribution in [0.25, 0.3) is 5.69 Å². The number of amides is 2. The SMILES string of the molecule is Cc1ccccc1-n1nccc1NC(=O)N(C)CC1CCCC1O. The molecule has 1 aromatic heterocycles. The number of benzene rings is 1. The van der Waals surface area contributed by atoms with Crippen molar-refractivity contribution in [2.75, 3.05) is 18.9 Å². The van der Waals surface area contributed by atoms with Crippen molar-refractivity contribution in [3.05, 3.63) is 42.1 Å². The number of anilines is 1. The lowest BCUT2D eigenvalue weighted by molar-refractivity contribution is 0.116. The number of urea groups is 1. The fraction of sp³-hybridized carbons (Fsp3) is 0.444. The van der Waals surface area contributed by atoms with E-state index < -0.39 is 0 Å². The highest BCUT2D eigenvalue weighted by Crippen LogP contribution is 2.26. The number of rotatable bonds is 4. The third-order valence-electron chi connectivity index (χ3n) is 4.70. The smallest absolute Gasteiger partial charge is 0.322 e. The second kappa shape index (κ2) is 7.05. The number of hydrogen-bond acceptors (Lipinski definition) is 3. The van der Waals surface area contributed by atoms with Crippen LogP contribution >= 0.6 is 0 Å². The first kappa shape index (κ1) is 16.5. The van der Waals surface area contributed by atoms with Crippen molar-refractivity contribution in [3.8, 4) is 5.69 Å². The third kappa shape index (κ3) is 3.43. The minimum Gasteiger partial charge on any atom is -0.393 e. The van der Waals surface area contributed by atoms with Gasteiger partial charge in [-0.3, -0.25) is 5.32 Å². The van der Waals surface area contributed by atoms with Crippen LogP contribution in [-0.4, -0.2) is 45.5 Å². The van der Waals surface area contributed by atoms with E-state index >= 15 is 0 Å². The van der Waals surface area contributed by atoms with Crippen LogP contribution < -0.4 is 5.32 Å². The minimum absolute atomic E-state index is 0.169. The lowest BCUT2D eigenvalue weighted by atomic mass is 10.1. The zero-order valence-corrected chi connectivity index (χ0v) is 14.1. The number of aromatic nitrogens is 2. The van der Waals surface area contributed by atoms with Gasteiger partial charge in [-0.25, -0.2) is 9.48 Å². The summed E-state index contributed by atoms with van der Waals surface area (Å²) in [4.78, 5) is 14.1. The molecule has 2 amide bonds. The summed E-state index contributed by atoms with van der Waals surface area (Å²) < 4.78 is 1.73. The molecule has 2 N–H and O–H groups in total. The molecule has 6 heteroatoms. The summed E-state index contributed by atoms with van der Waals surface area (Å²) in [7, 11) is 1.76. The third-order valence-corrected chi connectivity index (χ3v) is 4.70. The fourth-order valence-electron chi connectivity index (χ4n) is 3.26. The molecule has 6 nitrogen and oxygen atoms in total. The summed E-state index contributed by atoms with van der Waals surface area (Å²) in [5, 5.41) is 17.2. The highest BCUT2D eigenvalue weighted by Gasteiger charge is 2.27. The molecule has 1 saturated carbocycles. The summed E-state index contributed by atoms with van der Waals surface area (Å²) in [6.45, 7) is 2.57. The molecule has 2 atom stereocenters. The Bertz CT molecular complexity index is 713. The molecule has 3 rings (SSSR count). The molecule has 2 unspecified atom stereocenters. The van der Waals surface area contributed by atoms with Crippen LogP contribution in [0, 0.1) is 12.8 Å². The number of nitrogens with one attached hydrogen (secondary N) is 1. The number of aryl methyl sites for hydroxylation is 1. The molecule has 2 aromatic rings. The molecule has 0 bridgehead atoms. The Morgan fingerprint density at radius 3 is 2.88 bits per heavy atom. The lowest BCUT2D eigenvalue weighted by Crippen LogP contribution is -2.37. The van der Waals surface area contributed by atoms with Gasteiger partial charge in [0, 0.05) is 25.6 Å². The van der Waals surface area contributed by atoms with Gasteiger partial charge in [0.2, 0.25) is 0 Å². The highest BCUT2D eigenvalue weighted by molar-refractivity contribution is 5.88. The van der Waals surface area contributed by atoms with Crippen molar-refractivity contribution in [1.29, 1.82) is 0 Å². The molecule has 1 aromatic carbocycles. The number of carbonyl (C=O) groups excluding carboxylic acids is 1. The first-order valence-electron chi connectivity index (χ1n) is 8.36. The normalized spacial score (nSPS) is 20.1. The van der Waals surface area contributed by atoms with Crippen molar-refractivity contribution in [3.63, 3.8) is 0 Å². The Labute approximate surface area is 142 Å². The Hall–Kier alpha value is -2.34. The zero-order chi connectivity index (χ0) is 17.1. The van der Waals surface area contributed by atoms with E-state index in [9.17, 15) is 9.90 Å². The number of aliphatic hydroxyl groups excluding tert-OH is 1. The van der Waals surface area contributed by atoms with E-state index in [1.54, 1.807) is 28.9 Å². The van der Waals surface area contributed by atoms with Gasteiger partial charge < -0.3 is 10.0 Å². The number of nitrogens with zero attached hydrogens (tertiary/aromatic N) is 3. The van der Waals surface area contributed by atoms with Crippen molar-refractivity contribution >= 4 is 11.8 Å². The number of para-hydroxylation sites is 1. The van der Waals surface area contributed by atoms with Gasteiger partial charge in [-0.1, -0.05) is 24.6 Å². The van der Waals surface area contributed by atoms with Gasteiger partial charge in [0.25, 0.3) is 0 Å². The second-order valence-corrected chi connectivity index (χ2v) is 6.48. The Kier molecular flexibility index (Phi) is 4.85. The summed E-state index contributed by atoms with van der Waals surface area (Å²) in [5.74, 6) is 0.801. The summed E-state index contributed by atoms with van der Waals surface area (Å²) in [6, 6.07) is 9.49. The van der Waals surface area contributed by atoms with Crippen LogP contribution in [0.2, 0.25) is 0 Å². The Morgan fingerprint density at radius 2 is 2.17 bits per heavy atom. The molecular weight excluding hydrogens is 304 g/mol. The first-order chi connectivity index (χ1) is 11.6. The molecule has 1 heterocycles. The van der Waals surface area contributed by atoms with Crippen LogP contribution in [-0.2, 0) is 0 Å². The van der Waals surface area contributed by atoms with E-state index in [-0.39, 0.29) is 18.1 Å². The molecule has 0 saturated heterocycles. The van der Waals surface area contributed by atoms with Gasteiger partial charge in [-0.15, -0.1) is 0 Å². The summed E-state index contributed by atoms with van der Waals surface area (Å²) in [5.41, 5.74) is 2.02. The average Bonchev–Trinajstić information content (AvgIpc) is 3.17. The molecule has 128 valence electrons. The largest absolute Gasteiger partial charge is 0.393 e. The summed E-state index contributed by atoms with van der Waals surface area (Å²) in [6.07, 6.45) is 4.21. The maximum absolute atomic E-state index is 12.5. The Morgan fingerprint density at radius 1 is 1.38 bits per heavy atom. The predicted octanol–water partition coefficient (Wildman–Crippen LogP) is 2.81. The maximum Gasteiger partial charge on any atom is 0.322 e.